The van der Waals surface area contributed by atoms with Crippen molar-refractivity contribution >= 4 is 5.91 Å². The summed E-state index contributed by atoms with van der Waals surface area (Å²) >= 11 is 0. The van der Waals surface area contributed by atoms with E-state index in [0.29, 0.717) is 13.2 Å². The van der Waals surface area contributed by atoms with Gasteiger partial charge in [0.15, 0.2) is 11.5 Å². The van der Waals surface area contributed by atoms with E-state index < -0.39 is 0 Å². The van der Waals surface area contributed by atoms with Gasteiger partial charge >= 0.3 is 0 Å². The highest BCUT2D eigenvalue weighted by atomic mass is 16.5. The van der Waals surface area contributed by atoms with E-state index in [0.717, 1.165) is 35.5 Å². The number of nitrogens with one attached hydrogen (secondary N) is 1. The highest BCUT2D eigenvalue weighted by Crippen LogP contribution is 2.28. The van der Waals surface area contributed by atoms with Crippen LogP contribution in [0.3, 0.4) is 0 Å². The fraction of sp³-hybridized carbons (Fsp3) is 0.381. The molecular formula is C21H27NO3. The molecule has 25 heavy (non-hydrogen) atoms. The summed E-state index contributed by atoms with van der Waals surface area (Å²) in [5, 5.41) is 2.99. The summed E-state index contributed by atoms with van der Waals surface area (Å²) in [5.41, 5.74) is 4.08. The second-order valence-corrected chi connectivity index (χ2v) is 6.10. The van der Waals surface area contributed by atoms with Gasteiger partial charge in [0.05, 0.1) is 13.7 Å². The summed E-state index contributed by atoms with van der Waals surface area (Å²) in [6.07, 6.45) is 1.74. The summed E-state index contributed by atoms with van der Waals surface area (Å²) in [4.78, 5) is 12.3. The van der Waals surface area contributed by atoms with Crippen LogP contribution < -0.4 is 14.8 Å². The molecule has 4 heteroatoms. The first-order valence-electron chi connectivity index (χ1n) is 8.70. The number of benzene rings is 2. The van der Waals surface area contributed by atoms with Crippen molar-refractivity contribution in [2.45, 2.75) is 33.6 Å². The van der Waals surface area contributed by atoms with E-state index in [9.17, 15) is 4.79 Å². The van der Waals surface area contributed by atoms with Gasteiger partial charge in [-0.3, -0.25) is 4.79 Å². The number of carbonyl (C=O) groups excluding carboxylic acids is 1. The molecule has 134 valence electrons. The fourth-order valence-electron chi connectivity index (χ4n) is 2.80. The third-order valence-electron chi connectivity index (χ3n) is 4.08. The Balaban J connectivity index is 1.85. The van der Waals surface area contributed by atoms with Gasteiger partial charge in [-0.25, -0.2) is 0 Å². The molecule has 0 unspecified atom stereocenters. The van der Waals surface area contributed by atoms with Crippen molar-refractivity contribution in [1.82, 2.24) is 5.32 Å². The Morgan fingerprint density at radius 2 is 1.88 bits per heavy atom. The molecule has 0 saturated heterocycles. The van der Waals surface area contributed by atoms with E-state index in [4.69, 9.17) is 9.47 Å². The largest absolute Gasteiger partial charge is 0.493 e. The SMILES string of the molecule is CCOc1ccc(CCCNC(=O)c2ccc(C)cc2C)cc1OC. The van der Waals surface area contributed by atoms with Gasteiger partial charge < -0.3 is 14.8 Å². The Morgan fingerprint density at radius 1 is 1.08 bits per heavy atom. The quantitative estimate of drug-likeness (QED) is 0.736. The van der Waals surface area contributed by atoms with Crippen LogP contribution in [0.4, 0.5) is 0 Å². The molecular weight excluding hydrogens is 314 g/mol. The average Bonchev–Trinajstić information content (AvgIpc) is 2.59. The molecule has 0 aliphatic rings. The van der Waals surface area contributed by atoms with Crippen molar-refractivity contribution in [3.05, 3.63) is 58.7 Å². The van der Waals surface area contributed by atoms with Crippen LogP contribution >= 0.6 is 0 Å². The van der Waals surface area contributed by atoms with Gasteiger partial charge in [0.25, 0.3) is 5.91 Å². The zero-order valence-corrected chi connectivity index (χ0v) is 15.5. The minimum Gasteiger partial charge on any atom is -0.493 e. The second-order valence-electron chi connectivity index (χ2n) is 6.10. The topological polar surface area (TPSA) is 47.6 Å². The van der Waals surface area contributed by atoms with Crippen LogP contribution in [0, 0.1) is 13.8 Å². The first kappa shape index (κ1) is 18.8. The average molecular weight is 341 g/mol. The van der Waals surface area contributed by atoms with Crippen LogP contribution in [0.25, 0.3) is 0 Å². The third kappa shape index (κ3) is 5.24. The Hall–Kier alpha value is -2.49. The minimum absolute atomic E-state index is 0.0122. The lowest BCUT2D eigenvalue weighted by Gasteiger charge is -2.11. The number of hydrogen-bond donors (Lipinski definition) is 1. The predicted octanol–water partition coefficient (Wildman–Crippen LogP) is 4.07. The van der Waals surface area contributed by atoms with Crippen LogP contribution in [0.15, 0.2) is 36.4 Å². The lowest BCUT2D eigenvalue weighted by molar-refractivity contribution is 0.0952. The monoisotopic (exact) mass is 341 g/mol. The lowest BCUT2D eigenvalue weighted by Crippen LogP contribution is -2.25. The standard InChI is InChI=1S/C21H27NO3/c1-5-25-19-11-9-17(14-20(19)24-4)7-6-12-22-21(23)18-10-8-15(2)13-16(18)3/h8-11,13-14H,5-7,12H2,1-4H3,(H,22,23). The van der Waals surface area contributed by atoms with E-state index >= 15 is 0 Å². The molecule has 0 aromatic heterocycles. The van der Waals surface area contributed by atoms with Gasteiger partial charge in [0.1, 0.15) is 0 Å². The van der Waals surface area contributed by atoms with Gasteiger partial charge in [-0.05, 0) is 62.9 Å². The zero-order chi connectivity index (χ0) is 18.2. The van der Waals surface area contributed by atoms with Crippen LogP contribution in [0.5, 0.6) is 11.5 Å². The Labute approximate surface area is 150 Å². The maximum atomic E-state index is 12.3. The van der Waals surface area contributed by atoms with E-state index in [1.165, 1.54) is 11.1 Å². The highest BCUT2D eigenvalue weighted by Gasteiger charge is 2.09. The molecule has 1 amide bonds. The number of methoxy groups -OCH3 is 1. The maximum Gasteiger partial charge on any atom is 0.251 e. The number of amides is 1. The Kier molecular flexibility index (Phi) is 6.87. The van der Waals surface area contributed by atoms with Crippen LogP contribution in [-0.2, 0) is 6.42 Å². The van der Waals surface area contributed by atoms with Crippen molar-refractivity contribution in [3.63, 3.8) is 0 Å². The number of hydrogen-bond acceptors (Lipinski definition) is 3. The van der Waals surface area contributed by atoms with Gasteiger partial charge in [-0.15, -0.1) is 0 Å². The molecule has 0 aliphatic heterocycles. The molecule has 0 aliphatic carbocycles. The molecule has 0 saturated carbocycles. The molecule has 2 rings (SSSR count). The van der Waals surface area contributed by atoms with Crippen molar-refractivity contribution in [1.29, 1.82) is 0 Å². The molecule has 0 atom stereocenters. The summed E-state index contributed by atoms with van der Waals surface area (Å²) in [6, 6.07) is 11.9. The predicted molar refractivity (Wildman–Crippen MR) is 101 cm³/mol. The Morgan fingerprint density at radius 3 is 2.56 bits per heavy atom. The van der Waals surface area contributed by atoms with E-state index in [2.05, 4.69) is 5.32 Å². The lowest BCUT2D eigenvalue weighted by atomic mass is 10.0. The number of ether oxygens (including phenoxy) is 2. The van der Waals surface area contributed by atoms with E-state index in [1.807, 2.05) is 57.2 Å². The van der Waals surface area contributed by atoms with Crippen LogP contribution in [0.1, 0.15) is 40.4 Å². The van der Waals surface area contributed by atoms with Crippen LogP contribution in [0.2, 0.25) is 0 Å². The van der Waals surface area contributed by atoms with Crippen molar-refractivity contribution in [2.24, 2.45) is 0 Å². The summed E-state index contributed by atoms with van der Waals surface area (Å²) in [7, 11) is 1.64. The molecule has 4 nitrogen and oxygen atoms in total. The minimum atomic E-state index is -0.0122. The molecule has 0 radical (unpaired) electrons. The van der Waals surface area contributed by atoms with Gasteiger partial charge in [-0.1, -0.05) is 23.8 Å². The van der Waals surface area contributed by atoms with E-state index in [1.54, 1.807) is 7.11 Å². The van der Waals surface area contributed by atoms with Crippen molar-refractivity contribution in [3.8, 4) is 11.5 Å². The summed E-state index contributed by atoms with van der Waals surface area (Å²) < 4.78 is 10.9. The molecule has 2 aromatic rings. The van der Waals surface area contributed by atoms with Gasteiger partial charge in [0.2, 0.25) is 0 Å². The molecule has 1 N–H and O–H groups in total. The number of rotatable bonds is 8. The van der Waals surface area contributed by atoms with Crippen molar-refractivity contribution in [2.75, 3.05) is 20.3 Å². The smallest absolute Gasteiger partial charge is 0.251 e. The number of carbonyl (C=O) groups is 1. The first-order valence-corrected chi connectivity index (χ1v) is 8.70. The van der Waals surface area contributed by atoms with Crippen LogP contribution in [-0.4, -0.2) is 26.2 Å². The second kappa shape index (κ2) is 9.11. The fourth-order valence-corrected chi connectivity index (χ4v) is 2.80. The van der Waals surface area contributed by atoms with Crippen molar-refractivity contribution < 1.29 is 14.3 Å². The number of aryl methyl sites for hydroxylation is 3. The molecule has 0 bridgehead atoms. The summed E-state index contributed by atoms with van der Waals surface area (Å²) in [6.45, 7) is 7.20. The third-order valence-corrected chi connectivity index (χ3v) is 4.08. The first-order chi connectivity index (χ1) is 12.0. The molecule has 0 fully saturated rings. The van der Waals surface area contributed by atoms with Gasteiger partial charge in [-0.2, -0.15) is 0 Å². The van der Waals surface area contributed by atoms with Gasteiger partial charge in [0, 0.05) is 12.1 Å². The zero-order valence-electron chi connectivity index (χ0n) is 15.5. The maximum absolute atomic E-state index is 12.3. The van der Waals surface area contributed by atoms with E-state index in [-0.39, 0.29) is 5.91 Å². The summed E-state index contributed by atoms with van der Waals surface area (Å²) in [5.74, 6) is 1.50. The normalized spacial score (nSPS) is 10.4. The highest BCUT2D eigenvalue weighted by molar-refractivity contribution is 5.95. The Bertz CT molecular complexity index is 725. The molecule has 0 heterocycles. The molecule has 0 spiro atoms. The molecule has 2 aromatic carbocycles.